The average Bonchev–Trinajstić information content (AvgIpc) is 2.50. The lowest BCUT2D eigenvalue weighted by molar-refractivity contribution is -0.121. The molecule has 4 heteroatoms. The largest absolute Gasteiger partial charge is 0.353 e. The second-order valence-corrected chi connectivity index (χ2v) is 5.31. The Labute approximate surface area is 119 Å². The molecule has 0 spiro atoms. The first-order valence-electron chi connectivity index (χ1n) is 7.34. The van der Waals surface area contributed by atoms with Crippen molar-refractivity contribution in [1.82, 2.24) is 10.6 Å². The van der Waals surface area contributed by atoms with Gasteiger partial charge in [-0.1, -0.05) is 25.1 Å². The Morgan fingerprint density at radius 3 is 2.10 bits per heavy atom. The Morgan fingerprint density at radius 1 is 1.00 bits per heavy atom. The summed E-state index contributed by atoms with van der Waals surface area (Å²) in [7, 11) is 0. The summed E-state index contributed by atoms with van der Waals surface area (Å²) in [6.45, 7) is 1.86. The van der Waals surface area contributed by atoms with E-state index in [0.29, 0.717) is 12.0 Å². The minimum Gasteiger partial charge on any atom is -0.353 e. The first-order valence-corrected chi connectivity index (χ1v) is 7.34. The number of nitrogens with one attached hydrogen (secondary N) is 2. The molecule has 1 aliphatic carbocycles. The maximum atomic E-state index is 12.0. The highest BCUT2D eigenvalue weighted by molar-refractivity contribution is 5.94. The smallest absolute Gasteiger partial charge is 0.251 e. The summed E-state index contributed by atoms with van der Waals surface area (Å²) in [6.07, 6.45) is 4.25. The van der Waals surface area contributed by atoms with Crippen LogP contribution in [-0.4, -0.2) is 23.9 Å². The summed E-state index contributed by atoms with van der Waals surface area (Å²) < 4.78 is 0. The van der Waals surface area contributed by atoms with Gasteiger partial charge >= 0.3 is 0 Å². The van der Waals surface area contributed by atoms with Crippen LogP contribution in [0.4, 0.5) is 0 Å². The van der Waals surface area contributed by atoms with Crippen molar-refractivity contribution < 1.29 is 9.59 Å². The van der Waals surface area contributed by atoms with E-state index in [4.69, 9.17) is 0 Å². The predicted octanol–water partition coefficient (Wildman–Crippen LogP) is 2.25. The molecule has 2 N–H and O–H groups in total. The summed E-state index contributed by atoms with van der Waals surface area (Å²) in [5.41, 5.74) is 0.703. The summed E-state index contributed by atoms with van der Waals surface area (Å²) in [5, 5.41) is 6.09. The summed E-state index contributed by atoms with van der Waals surface area (Å²) in [5.74, 6) is 0.105. The van der Waals surface area contributed by atoms with Gasteiger partial charge in [0, 0.05) is 24.1 Å². The second kappa shape index (κ2) is 7.08. The van der Waals surface area contributed by atoms with Gasteiger partial charge in [0.1, 0.15) is 0 Å². The number of hydrogen-bond donors (Lipinski definition) is 2. The van der Waals surface area contributed by atoms with Crippen molar-refractivity contribution >= 4 is 11.8 Å². The lowest BCUT2D eigenvalue weighted by atomic mass is 9.91. The van der Waals surface area contributed by atoms with E-state index < -0.39 is 0 Å². The molecule has 1 saturated carbocycles. The van der Waals surface area contributed by atoms with E-state index in [0.717, 1.165) is 25.7 Å². The molecule has 0 saturated heterocycles. The van der Waals surface area contributed by atoms with Gasteiger partial charge in [0.2, 0.25) is 5.91 Å². The molecule has 1 aromatic rings. The molecule has 0 bridgehead atoms. The highest BCUT2D eigenvalue weighted by atomic mass is 16.2. The normalized spacial score (nSPS) is 22.1. The van der Waals surface area contributed by atoms with Crippen LogP contribution in [0.1, 0.15) is 49.4 Å². The third-order valence-electron chi connectivity index (χ3n) is 3.78. The van der Waals surface area contributed by atoms with Crippen molar-refractivity contribution in [2.24, 2.45) is 0 Å². The molecular weight excluding hydrogens is 252 g/mol. The van der Waals surface area contributed by atoms with Crippen LogP contribution in [0.15, 0.2) is 30.3 Å². The second-order valence-electron chi connectivity index (χ2n) is 5.31. The molecule has 0 unspecified atom stereocenters. The van der Waals surface area contributed by atoms with Gasteiger partial charge in [0.15, 0.2) is 0 Å². The van der Waals surface area contributed by atoms with Gasteiger partial charge in [0.05, 0.1) is 0 Å². The van der Waals surface area contributed by atoms with E-state index in [9.17, 15) is 9.59 Å². The third kappa shape index (κ3) is 4.08. The van der Waals surface area contributed by atoms with E-state index in [1.165, 1.54) is 0 Å². The van der Waals surface area contributed by atoms with E-state index in [1.54, 1.807) is 0 Å². The minimum atomic E-state index is -0.00774. The first kappa shape index (κ1) is 14.6. The van der Waals surface area contributed by atoms with Gasteiger partial charge < -0.3 is 10.6 Å². The molecule has 108 valence electrons. The van der Waals surface area contributed by atoms with E-state index in [1.807, 2.05) is 37.3 Å². The van der Waals surface area contributed by atoms with Crippen LogP contribution < -0.4 is 10.6 Å². The van der Waals surface area contributed by atoms with Crippen molar-refractivity contribution in [1.29, 1.82) is 0 Å². The van der Waals surface area contributed by atoms with Crippen molar-refractivity contribution in [2.45, 2.75) is 51.1 Å². The van der Waals surface area contributed by atoms with Crippen LogP contribution in [0, 0.1) is 0 Å². The van der Waals surface area contributed by atoms with Crippen LogP contribution >= 0.6 is 0 Å². The maximum Gasteiger partial charge on any atom is 0.251 e. The minimum absolute atomic E-state index is 0.00774. The Hall–Kier alpha value is -1.84. The number of carbonyl (C=O) groups excluding carboxylic acids is 2. The van der Waals surface area contributed by atoms with Gasteiger partial charge in [-0.15, -0.1) is 0 Å². The van der Waals surface area contributed by atoms with Gasteiger partial charge in [-0.05, 0) is 37.8 Å². The Kier molecular flexibility index (Phi) is 5.16. The Bertz CT molecular complexity index is 451. The van der Waals surface area contributed by atoms with Gasteiger partial charge in [-0.25, -0.2) is 0 Å². The summed E-state index contributed by atoms with van der Waals surface area (Å²) >= 11 is 0. The van der Waals surface area contributed by atoms with E-state index in [-0.39, 0.29) is 23.9 Å². The summed E-state index contributed by atoms with van der Waals surface area (Å²) in [6, 6.07) is 9.77. The van der Waals surface area contributed by atoms with Crippen LogP contribution in [0.3, 0.4) is 0 Å². The maximum absolute atomic E-state index is 12.0. The fourth-order valence-corrected chi connectivity index (χ4v) is 2.57. The molecule has 0 radical (unpaired) electrons. The highest BCUT2D eigenvalue weighted by Gasteiger charge is 2.23. The Balaban J connectivity index is 1.77. The lowest BCUT2D eigenvalue weighted by Gasteiger charge is -2.29. The third-order valence-corrected chi connectivity index (χ3v) is 3.78. The molecule has 2 rings (SSSR count). The standard InChI is InChI=1S/C16H22N2O2/c1-2-15(19)17-13-8-10-14(11-9-13)18-16(20)12-6-4-3-5-7-12/h3-7,13-14H,2,8-11H2,1H3,(H,17,19)(H,18,20). The molecular formula is C16H22N2O2. The number of benzene rings is 1. The topological polar surface area (TPSA) is 58.2 Å². The SMILES string of the molecule is CCC(=O)NC1CCC(NC(=O)c2ccccc2)CC1. The molecule has 4 nitrogen and oxygen atoms in total. The molecule has 20 heavy (non-hydrogen) atoms. The van der Waals surface area contributed by atoms with Gasteiger partial charge in [-0.3, -0.25) is 9.59 Å². The van der Waals surface area contributed by atoms with Crippen molar-refractivity contribution in [3.05, 3.63) is 35.9 Å². The molecule has 0 atom stereocenters. The van der Waals surface area contributed by atoms with Crippen LogP contribution in [-0.2, 0) is 4.79 Å². The lowest BCUT2D eigenvalue weighted by Crippen LogP contribution is -2.43. The molecule has 0 aliphatic heterocycles. The van der Waals surface area contributed by atoms with Crippen molar-refractivity contribution in [2.75, 3.05) is 0 Å². The van der Waals surface area contributed by atoms with Crippen LogP contribution in [0.5, 0.6) is 0 Å². The zero-order valence-electron chi connectivity index (χ0n) is 11.9. The van der Waals surface area contributed by atoms with Gasteiger partial charge in [0.25, 0.3) is 5.91 Å². The van der Waals surface area contributed by atoms with Crippen molar-refractivity contribution in [3.8, 4) is 0 Å². The first-order chi connectivity index (χ1) is 9.69. The van der Waals surface area contributed by atoms with Crippen LogP contribution in [0.2, 0.25) is 0 Å². The zero-order chi connectivity index (χ0) is 14.4. The van der Waals surface area contributed by atoms with E-state index in [2.05, 4.69) is 10.6 Å². The number of rotatable bonds is 4. The molecule has 1 aromatic carbocycles. The molecule has 0 heterocycles. The van der Waals surface area contributed by atoms with Crippen molar-refractivity contribution in [3.63, 3.8) is 0 Å². The molecule has 0 aromatic heterocycles. The zero-order valence-corrected chi connectivity index (χ0v) is 11.9. The number of carbonyl (C=O) groups is 2. The average molecular weight is 274 g/mol. The fraction of sp³-hybridized carbons (Fsp3) is 0.500. The van der Waals surface area contributed by atoms with Gasteiger partial charge in [-0.2, -0.15) is 0 Å². The molecule has 1 fully saturated rings. The quantitative estimate of drug-likeness (QED) is 0.884. The van der Waals surface area contributed by atoms with E-state index >= 15 is 0 Å². The monoisotopic (exact) mass is 274 g/mol. The molecule has 1 aliphatic rings. The predicted molar refractivity (Wildman–Crippen MR) is 78.4 cm³/mol. The fourth-order valence-electron chi connectivity index (χ4n) is 2.57. The van der Waals surface area contributed by atoms with Crippen LogP contribution in [0.25, 0.3) is 0 Å². The Morgan fingerprint density at radius 2 is 1.55 bits per heavy atom. The molecule has 2 amide bonds. The number of hydrogen-bond acceptors (Lipinski definition) is 2. The number of amides is 2. The highest BCUT2D eigenvalue weighted by Crippen LogP contribution is 2.19. The summed E-state index contributed by atoms with van der Waals surface area (Å²) in [4.78, 5) is 23.4.